The van der Waals surface area contributed by atoms with Crippen LogP contribution >= 0.6 is 22.9 Å². The molecule has 2 aromatic carbocycles. The Bertz CT molecular complexity index is 1530. The van der Waals surface area contributed by atoms with Crippen molar-refractivity contribution in [3.8, 4) is 11.5 Å². The Morgan fingerprint density at radius 1 is 1.28 bits per heavy atom. The topological polar surface area (TPSA) is 90.1 Å². The van der Waals surface area contributed by atoms with E-state index in [-0.39, 0.29) is 22.1 Å². The molecule has 0 aliphatic carbocycles. The van der Waals surface area contributed by atoms with Gasteiger partial charge in [0.05, 0.1) is 40.6 Å². The number of nitrogens with zero attached hydrogens (tertiary/aromatic N) is 2. The number of hydrogen-bond donors (Lipinski definition) is 1. The molecule has 0 fully saturated rings. The van der Waals surface area contributed by atoms with Gasteiger partial charge >= 0.3 is 5.97 Å². The molecular formula is C27H27ClN2O5S. The van der Waals surface area contributed by atoms with Crippen LogP contribution in [0.5, 0.6) is 11.5 Å². The summed E-state index contributed by atoms with van der Waals surface area (Å²) in [4.78, 5) is 31.6. The Hall–Kier alpha value is -3.36. The maximum absolute atomic E-state index is 13.7. The molecule has 1 N–H and O–H groups in total. The van der Waals surface area contributed by atoms with Gasteiger partial charge in [0.25, 0.3) is 5.56 Å². The first-order valence-electron chi connectivity index (χ1n) is 11.5. The molecule has 2 heterocycles. The first kappa shape index (κ1) is 25.7. The van der Waals surface area contributed by atoms with Gasteiger partial charge in [-0.15, -0.1) is 0 Å². The summed E-state index contributed by atoms with van der Waals surface area (Å²) in [7, 11) is 1.32. The number of hydrogen-bond acceptors (Lipinski definition) is 7. The molecule has 0 amide bonds. The summed E-state index contributed by atoms with van der Waals surface area (Å²) >= 11 is 7.40. The molecule has 1 aliphatic rings. The standard InChI is InChI=1S/C27H27ClN2O5S/c1-6-35-20-12-16(11-19(28)24(20)31)13-21-25(32)30-23(18-9-7-17(8-10-18)14(2)3)22(26(33)34-5)15(4)29-27(30)36-21/h7-14,23,31H,6H2,1-5H3/t23-/m1/s1. The summed E-state index contributed by atoms with van der Waals surface area (Å²) in [6.07, 6.45) is 1.67. The number of aromatic hydroxyl groups is 1. The van der Waals surface area contributed by atoms with Gasteiger partial charge in [0.15, 0.2) is 16.3 Å². The second kappa shape index (κ2) is 10.3. The first-order valence-corrected chi connectivity index (χ1v) is 12.7. The molecule has 1 atom stereocenters. The minimum absolute atomic E-state index is 0.118. The Labute approximate surface area is 217 Å². The highest BCUT2D eigenvalue weighted by atomic mass is 35.5. The van der Waals surface area contributed by atoms with Crippen molar-refractivity contribution in [1.29, 1.82) is 0 Å². The summed E-state index contributed by atoms with van der Waals surface area (Å²) < 4.78 is 12.5. The van der Waals surface area contributed by atoms with Crippen molar-refractivity contribution in [3.05, 3.63) is 89.1 Å². The number of phenols is 1. The molecular weight excluding hydrogens is 500 g/mol. The zero-order valence-electron chi connectivity index (χ0n) is 20.7. The van der Waals surface area contributed by atoms with Crippen LogP contribution in [-0.2, 0) is 9.53 Å². The smallest absolute Gasteiger partial charge is 0.338 e. The summed E-state index contributed by atoms with van der Waals surface area (Å²) in [5, 5.41) is 10.3. The fourth-order valence-electron chi connectivity index (χ4n) is 4.17. The number of thiazole rings is 1. The number of carbonyl (C=O) groups excluding carboxylic acids is 1. The maximum atomic E-state index is 13.7. The second-order valence-corrected chi connectivity index (χ2v) is 10.1. The summed E-state index contributed by atoms with van der Waals surface area (Å²) in [5.74, 6) is -0.108. The zero-order chi connectivity index (χ0) is 26.1. The van der Waals surface area contributed by atoms with Gasteiger partial charge in [-0.2, -0.15) is 0 Å². The predicted molar refractivity (Wildman–Crippen MR) is 141 cm³/mol. The van der Waals surface area contributed by atoms with Crippen LogP contribution < -0.4 is 19.6 Å². The number of allylic oxidation sites excluding steroid dienone is 1. The number of ether oxygens (including phenoxy) is 2. The molecule has 9 heteroatoms. The van der Waals surface area contributed by atoms with E-state index in [0.717, 1.165) is 11.1 Å². The number of benzene rings is 2. The zero-order valence-corrected chi connectivity index (χ0v) is 22.2. The molecule has 3 aromatic rings. The monoisotopic (exact) mass is 526 g/mol. The molecule has 0 bridgehead atoms. The van der Waals surface area contributed by atoms with Crippen molar-refractivity contribution in [3.63, 3.8) is 0 Å². The maximum Gasteiger partial charge on any atom is 0.338 e. The van der Waals surface area contributed by atoms with Crippen LogP contribution in [0.15, 0.2) is 57.5 Å². The van der Waals surface area contributed by atoms with E-state index in [1.54, 1.807) is 32.1 Å². The average Bonchev–Trinajstić information content (AvgIpc) is 3.15. The van der Waals surface area contributed by atoms with Crippen molar-refractivity contribution in [2.75, 3.05) is 13.7 Å². The number of carbonyl (C=O) groups is 1. The van der Waals surface area contributed by atoms with Crippen LogP contribution in [-0.4, -0.2) is 29.4 Å². The third-order valence-corrected chi connectivity index (χ3v) is 7.27. The Morgan fingerprint density at radius 3 is 2.58 bits per heavy atom. The summed E-state index contributed by atoms with van der Waals surface area (Å²) in [6.45, 7) is 8.10. The second-order valence-electron chi connectivity index (χ2n) is 8.68. The van der Waals surface area contributed by atoms with E-state index >= 15 is 0 Å². The number of fused-ring (bicyclic) bond motifs is 1. The van der Waals surface area contributed by atoms with Crippen molar-refractivity contribution < 1.29 is 19.4 Å². The molecule has 0 saturated heterocycles. The van der Waals surface area contributed by atoms with Crippen LogP contribution in [0.25, 0.3) is 6.08 Å². The third kappa shape index (κ3) is 4.70. The predicted octanol–water partition coefficient (Wildman–Crippen LogP) is 4.29. The lowest BCUT2D eigenvalue weighted by Crippen LogP contribution is -2.39. The van der Waals surface area contributed by atoms with Crippen molar-refractivity contribution >= 4 is 35.0 Å². The van der Waals surface area contributed by atoms with E-state index in [2.05, 4.69) is 18.8 Å². The van der Waals surface area contributed by atoms with Crippen molar-refractivity contribution in [1.82, 2.24) is 4.57 Å². The molecule has 7 nitrogen and oxygen atoms in total. The van der Waals surface area contributed by atoms with Gasteiger partial charge < -0.3 is 14.6 Å². The van der Waals surface area contributed by atoms with E-state index in [4.69, 9.17) is 21.1 Å². The highest BCUT2D eigenvalue weighted by Crippen LogP contribution is 2.35. The molecule has 188 valence electrons. The Kier molecular flexibility index (Phi) is 7.38. The highest BCUT2D eigenvalue weighted by Gasteiger charge is 2.33. The van der Waals surface area contributed by atoms with Crippen LogP contribution in [0.4, 0.5) is 0 Å². The van der Waals surface area contributed by atoms with Crippen molar-refractivity contribution in [2.45, 2.75) is 39.7 Å². The summed E-state index contributed by atoms with van der Waals surface area (Å²) in [5.41, 5.74) is 3.05. The molecule has 0 saturated carbocycles. The van der Waals surface area contributed by atoms with Gasteiger partial charge in [0, 0.05) is 0 Å². The molecule has 0 spiro atoms. The molecule has 0 radical (unpaired) electrons. The molecule has 4 rings (SSSR count). The molecule has 1 aromatic heterocycles. The number of rotatable bonds is 6. The van der Waals surface area contributed by atoms with Crippen LogP contribution in [0.2, 0.25) is 5.02 Å². The third-order valence-electron chi connectivity index (χ3n) is 5.99. The quantitative estimate of drug-likeness (QED) is 0.484. The van der Waals surface area contributed by atoms with Crippen LogP contribution in [0.3, 0.4) is 0 Å². The van der Waals surface area contributed by atoms with Crippen LogP contribution in [0.1, 0.15) is 56.3 Å². The largest absolute Gasteiger partial charge is 0.503 e. The number of methoxy groups -OCH3 is 1. The van der Waals surface area contributed by atoms with Gasteiger partial charge in [-0.25, -0.2) is 9.79 Å². The minimum Gasteiger partial charge on any atom is -0.503 e. The minimum atomic E-state index is -0.681. The van der Waals surface area contributed by atoms with Gasteiger partial charge in [-0.05, 0) is 54.7 Å². The molecule has 36 heavy (non-hydrogen) atoms. The van der Waals surface area contributed by atoms with Crippen LogP contribution in [0, 0.1) is 0 Å². The number of esters is 1. The number of aromatic nitrogens is 1. The fraction of sp³-hybridized carbons (Fsp3) is 0.296. The fourth-order valence-corrected chi connectivity index (χ4v) is 5.43. The Balaban J connectivity index is 1.93. The van der Waals surface area contributed by atoms with E-state index in [1.807, 2.05) is 24.3 Å². The average molecular weight is 527 g/mol. The highest BCUT2D eigenvalue weighted by molar-refractivity contribution is 7.07. The number of halogens is 1. The van der Waals surface area contributed by atoms with E-state index < -0.39 is 12.0 Å². The lowest BCUT2D eigenvalue weighted by atomic mass is 9.93. The normalized spacial score (nSPS) is 15.6. The lowest BCUT2D eigenvalue weighted by molar-refractivity contribution is -0.136. The summed E-state index contributed by atoms with van der Waals surface area (Å²) in [6, 6.07) is 10.4. The lowest BCUT2D eigenvalue weighted by Gasteiger charge is -2.24. The van der Waals surface area contributed by atoms with Gasteiger partial charge in [-0.1, -0.05) is 61.1 Å². The number of phenolic OH excluding ortho intramolecular Hbond substituents is 1. The molecule has 1 aliphatic heterocycles. The van der Waals surface area contributed by atoms with E-state index in [1.165, 1.54) is 23.0 Å². The van der Waals surface area contributed by atoms with Gasteiger partial charge in [0.2, 0.25) is 0 Å². The van der Waals surface area contributed by atoms with Gasteiger partial charge in [-0.3, -0.25) is 9.36 Å². The first-order chi connectivity index (χ1) is 17.2. The van der Waals surface area contributed by atoms with E-state index in [9.17, 15) is 14.7 Å². The van der Waals surface area contributed by atoms with Crippen molar-refractivity contribution in [2.24, 2.45) is 4.99 Å². The Morgan fingerprint density at radius 2 is 1.97 bits per heavy atom. The molecule has 0 unspecified atom stereocenters. The van der Waals surface area contributed by atoms with Gasteiger partial charge in [0.1, 0.15) is 0 Å². The van der Waals surface area contributed by atoms with E-state index in [0.29, 0.717) is 38.7 Å². The SMILES string of the molecule is CCOc1cc(C=c2sc3n(c2=O)[C@H](c2ccc(C(C)C)cc2)C(C(=O)OC)=C(C)N=3)cc(Cl)c1O.